The lowest BCUT2D eigenvalue weighted by Gasteiger charge is -2.43. The van der Waals surface area contributed by atoms with Crippen LogP contribution in [0.5, 0.6) is 0 Å². The third-order valence-corrected chi connectivity index (χ3v) is 8.83. The molecule has 11 heteroatoms. The molecule has 0 aromatic carbocycles. The van der Waals surface area contributed by atoms with Crippen LogP contribution < -0.4 is 10.6 Å². The van der Waals surface area contributed by atoms with E-state index in [1.165, 1.54) is 11.8 Å². The van der Waals surface area contributed by atoms with Crippen LogP contribution in [0.15, 0.2) is 12.2 Å². The molecule has 0 saturated carbocycles. The van der Waals surface area contributed by atoms with Gasteiger partial charge in [-0.15, -0.1) is 11.8 Å². The number of morpholine rings is 1. The standard InChI is InChI=1S/C20H32N2O6S.C5H11NO.C4H10.CH4/c23-14-15(24)18-12(7-2-1-5-9-29-20(28-18)16(14)25)22-19(26)13-17-11(10-21-13)6-3-4-8-27-17;1-6-2-4-7-5-3-6;1-4(2)3;/h1-2,11-18,20-21,23-25H,3-10H2,(H,22,26);2-5H2,1H3;4H,1-3H3;1H4/b2-1-;;;. The molecule has 9 unspecified atom stereocenters. The number of amides is 1. The van der Waals surface area contributed by atoms with Gasteiger partial charge in [0, 0.05) is 26.2 Å². The third kappa shape index (κ3) is 11.4. The predicted octanol–water partition coefficient (Wildman–Crippen LogP) is 1.77. The van der Waals surface area contributed by atoms with E-state index in [9.17, 15) is 20.1 Å². The van der Waals surface area contributed by atoms with E-state index < -0.39 is 41.9 Å². The highest BCUT2D eigenvalue weighted by molar-refractivity contribution is 7.99. The van der Waals surface area contributed by atoms with Crippen molar-refractivity contribution in [1.82, 2.24) is 15.5 Å². The maximum absolute atomic E-state index is 13.1. The van der Waals surface area contributed by atoms with Gasteiger partial charge < -0.3 is 45.1 Å². The SMILES string of the molecule is C.CC(C)C.CN1CCOCC1.O=C(NC1C/C=C\CCSC2OC1C(O)C(O)C2O)C1NCC2CCCCOC21. The summed E-state index contributed by atoms with van der Waals surface area (Å²) in [6, 6.07) is -0.942. The van der Waals surface area contributed by atoms with Crippen LogP contribution in [-0.2, 0) is 19.0 Å². The first-order valence-electron chi connectivity index (χ1n) is 15.1. The van der Waals surface area contributed by atoms with E-state index in [1.54, 1.807) is 0 Å². The summed E-state index contributed by atoms with van der Waals surface area (Å²) in [6.45, 7) is 12.0. The maximum atomic E-state index is 13.1. The number of fused-ring (bicyclic) bond motifs is 3. The lowest BCUT2D eigenvalue weighted by Crippen LogP contribution is -2.63. The van der Waals surface area contributed by atoms with Crippen LogP contribution in [0, 0.1) is 11.8 Å². The van der Waals surface area contributed by atoms with Crippen LogP contribution in [0.1, 0.15) is 60.3 Å². The summed E-state index contributed by atoms with van der Waals surface area (Å²) in [5.74, 6) is 1.75. The van der Waals surface area contributed by atoms with E-state index in [0.717, 1.165) is 70.2 Å². The van der Waals surface area contributed by atoms with Gasteiger partial charge in [-0.3, -0.25) is 4.79 Å². The fourth-order valence-electron chi connectivity index (χ4n) is 5.41. The molecule has 9 atom stereocenters. The van der Waals surface area contributed by atoms with Crippen molar-refractivity contribution in [3.05, 3.63) is 12.2 Å². The fraction of sp³-hybridized carbons (Fsp3) is 0.900. The van der Waals surface area contributed by atoms with Gasteiger partial charge in [0.15, 0.2) is 0 Å². The lowest BCUT2D eigenvalue weighted by molar-refractivity contribution is -0.205. The summed E-state index contributed by atoms with van der Waals surface area (Å²) in [5, 5.41) is 37.5. The summed E-state index contributed by atoms with van der Waals surface area (Å²) < 4.78 is 17.0. The van der Waals surface area contributed by atoms with Gasteiger partial charge in [0.2, 0.25) is 5.91 Å². The van der Waals surface area contributed by atoms with Crippen molar-refractivity contribution in [2.24, 2.45) is 11.8 Å². The minimum Gasteiger partial charge on any atom is -0.388 e. The number of hydrogen-bond donors (Lipinski definition) is 5. The minimum atomic E-state index is -1.31. The first-order valence-corrected chi connectivity index (χ1v) is 16.1. The van der Waals surface area contributed by atoms with Crippen LogP contribution in [0.3, 0.4) is 0 Å². The van der Waals surface area contributed by atoms with E-state index in [4.69, 9.17) is 14.2 Å². The van der Waals surface area contributed by atoms with Gasteiger partial charge in [0.1, 0.15) is 35.9 Å². The molecule has 2 bridgehead atoms. The Bertz CT molecular complexity index is 768. The number of aliphatic hydroxyl groups excluding tert-OH is 3. The summed E-state index contributed by atoms with van der Waals surface area (Å²) >= 11 is 1.41. The summed E-state index contributed by atoms with van der Waals surface area (Å²) in [4.78, 5) is 15.4. The van der Waals surface area contributed by atoms with E-state index in [2.05, 4.69) is 43.4 Å². The van der Waals surface area contributed by atoms with Crippen molar-refractivity contribution in [2.75, 3.05) is 52.3 Å². The van der Waals surface area contributed by atoms with Gasteiger partial charge in [-0.2, -0.15) is 0 Å². The number of carbonyl (C=O) groups excluding carboxylic acids is 1. The summed E-state index contributed by atoms with van der Waals surface area (Å²) in [6.07, 6.45) is 3.81. The Morgan fingerprint density at radius 3 is 2.39 bits per heavy atom. The van der Waals surface area contributed by atoms with Crippen molar-refractivity contribution >= 4 is 17.7 Å². The number of allylic oxidation sites excluding steroid dienone is 1. The van der Waals surface area contributed by atoms with E-state index in [0.29, 0.717) is 18.9 Å². The normalized spacial score (nSPS) is 38.4. The molecule has 4 saturated heterocycles. The van der Waals surface area contributed by atoms with E-state index in [-0.39, 0.29) is 19.4 Å². The quantitative estimate of drug-likeness (QED) is 0.298. The molecule has 0 aromatic heterocycles. The Kier molecular flexibility index (Phi) is 16.7. The number of rotatable bonds is 2. The highest BCUT2D eigenvalue weighted by Crippen LogP contribution is 2.32. The fourth-order valence-corrected chi connectivity index (χ4v) is 6.48. The smallest absolute Gasteiger partial charge is 0.240 e. The highest BCUT2D eigenvalue weighted by atomic mass is 32.2. The van der Waals surface area contributed by atoms with Gasteiger partial charge in [0.05, 0.1) is 25.4 Å². The largest absolute Gasteiger partial charge is 0.388 e. The van der Waals surface area contributed by atoms with Gasteiger partial charge >= 0.3 is 0 Å². The average Bonchev–Trinajstić information content (AvgIpc) is 3.18. The predicted molar refractivity (Wildman–Crippen MR) is 164 cm³/mol. The lowest BCUT2D eigenvalue weighted by atomic mass is 9.92. The Morgan fingerprint density at radius 2 is 1.73 bits per heavy atom. The number of nitrogens with zero attached hydrogens (tertiary/aromatic N) is 1. The molecule has 5 rings (SSSR count). The zero-order chi connectivity index (χ0) is 29.1. The highest BCUT2D eigenvalue weighted by Gasteiger charge is 2.48. The Balaban J connectivity index is 0.000000414. The van der Waals surface area contributed by atoms with Gasteiger partial charge in [0.25, 0.3) is 0 Å². The number of nitrogens with one attached hydrogen (secondary N) is 2. The molecule has 0 radical (unpaired) electrons. The number of carbonyl (C=O) groups is 1. The zero-order valence-electron chi connectivity index (χ0n) is 24.7. The third-order valence-electron chi connectivity index (χ3n) is 7.64. The maximum Gasteiger partial charge on any atom is 0.240 e. The van der Waals surface area contributed by atoms with Gasteiger partial charge in [-0.25, -0.2) is 0 Å². The Morgan fingerprint density at radius 1 is 1.02 bits per heavy atom. The first kappa shape index (κ1) is 36.4. The molecule has 10 nitrogen and oxygen atoms in total. The van der Waals surface area contributed by atoms with Crippen molar-refractivity contribution in [1.29, 1.82) is 0 Å². The molecule has 5 heterocycles. The van der Waals surface area contributed by atoms with E-state index >= 15 is 0 Å². The van der Waals surface area contributed by atoms with Crippen LogP contribution in [-0.4, -0.2) is 126 Å². The number of likely N-dealkylation sites (N-methyl/N-ethyl adjacent to an activating group) is 1. The summed E-state index contributed by atoms with van der Waals surface area (Å²) in [7, 11) is 2.11. The van der Waals surface area contributed by atoms with Crippen molar-refractivity contribution in [2.45, 2.75) is 108 Å². The molecular weight excluding hydrogens is 546 g/mol. The Labute approximate surface area is 251 Å². The molecule has 5 N–H and O–H groups in total. The zero-order valence-corrected chi connectivity index (χ0v) is 25.6. The second-order valence-corrected chi connectivity index (χ2v) is 13.3. The molecule has 0 spiro atoms. The molecule has 240 valence electrons. The second kappa shape index (κ2) is 18.8. The minimum absolute atomic E-state index is 0. The molecule has 0 aliphatic carbocycles. The number of hydrogen-bond acceptors (Lipinski definition) is 10. The molecule has 1 amide bonds. The summed E-state index contributed by atoms with van der Waals surface area (Å²) in [5.41, 5.74) is -0.636. The van der Waals surface area contributed by atoms with Crippen LogP contribution in [0.25, 0.3) is 0 Å². The molecule has 5 aliphatic heterocycles. The molecule has 0 aromatic rings. The van der Waals surface area contributed by atoms with Gasteiger partial charge in [-0.05, 0) is 50.3 Å². The van der Waals surface area contributed by atoms with Crippen LogP contribution >= 0.6 is 11.8 Å². The molecular formula is C30H57N3O7S. The first-order chi connectivity index (χ1) is 19.2. The number of aliphatic hydroxyl groups is 3. The number of ether oxygens (including phenoxy) is 3. The average molecular weight is 604 g/mol. The van der Waals surface area contributed by atoms with Crippen molar-refractivity contribution in [3.63, 3.8) is 0 Å². The van der Waals surface area contributed by atoms with E-state index in [1.807, 2.05) is 12.2 Å². The van der Waals surface area contributed by atoms with Crippen LogP contribution in [0.2, 0.25) is 0 Å². The number of thioether (sulfide) groups is 1. The van der Waals surface area contributed by atoms with Crippen LogP contribution in [0.4, 0.5) is 0 Å². The van der Waals surface area contributed by atoms with Crippen molar-refractivity contribution in [3.8, 4) is 0 Å². The molecule has 4 fully saturated rings. The molecule has 41 heavy (non-hydrogen) atoms. The topological polar surface area (TPSA) is 133 Å². The Hall–Kier alpha value is -0.760. The molecule has 5 aliphatic rings. The monoisotopic (exact) mass is 603 g/mol. The second-order valence-electron chi connectivity index (χ2n) is 12.0. The van der Waals surface area contributed by atoms with Crippen molar-refractivity contribution < 1.29 is 34.3 Å². The van der Waals surface area contributed by atoms with Gasteiger partial charge in [-0.1, -0.05) is 46.8 Å².